The quantitative estimate of drug-likeness (QED) is 0.866. The number of ether oxygens (including phenoxy) is 1. The van der Waals surface area contributed by atoms with E-state index in [2.05, 4.69) is 21.2 Å². The van der Waals surface area contributed by atoms with E-state index in [0.29, 0.717) is 12.0 Å². The van der Waals surface area contributed by atoms with Crippen molar-refractivity contribution in [2.75, 3.05) is 0 Å². The number of carbonyl (C=O) groups is 2. The molecule has 0 heterocycles. The highest BCUT2D eigenvalue weighted by Gasteiger charge is 2.28. The Labute approximate surface area is 120 Å². The Morgan fingerprint density at radius 3 is 2.79 bits per heavy atom. The molecule has 19 heavy (non-hydrogen) atoms. The first-order valence-corrected chi connectivity index (χ1v) is 7.16. The second-order valence-corrected chi connectivity index (χ2v) is 5.47. The predicted molar refractivity (Wildman–Crippen MR) is 74.8 cm³/mol. The van der Waals surface area contributed by atoms with E-state index in [1.54, 1.807) is 6.07 Å². The van der Waals surface area contributed by atoms with Crippen LogP contribution in [0.2, 0.25) is 0 Å². The summed E-state index contributed by atoms with van der Waals surface area (Å²) < 4.78 is 5.82. The number of hydrogen-bond acceptors (Lipinski definition) is 3. The lowest BCUT2D eigenvalue weighted by molar-refractivity contribution is -0.136. The average molecular weight is 326 g/mol. The van der Waals surface area contributed by atoms with Crippen molar-refractivity contribution in [1.29, 1.82) is 0 Å². The van der Waals surface area contributed by atoms with Crippen LogP contribution in [-0.2, 0) is 9.53 Å². The van der Waals surface area contributed by atoms with E-state index in [0.717, 1.165) is 30.2 Å². The maximum atomic E-state index is 12.2. The molecule has 1 amide bonds. The van der Waals surface area contributed by atoms with Gasteiger partial charge in [-0.15, -0.1) is 0 Å². The number of carbonyl (C=O) groups excluding carboxylic acids is 2. The zero-order valence-electron chi connectivity index (χ0n) is 10.5. The average Bonchev–Trinajstić information content (AvgIpc) is 2.41. The molecule has 1 saturated carbocycles. The van der Waals surface area contributed by atoms with E-state index >= 15 is 0 Å². The summed E-state index contributed by atoms with van der Waals surface area (Å²) in [5.74, 6) is -0.140. The summed E-state index contributed by atoms with van der Waals surface area (Å²) in [7, 11) is 0. The van der Waals surface area contributed by atoms with Crippen molar-refractivity contribution in [3.63, 3.8) is 0 Å². The summed E-state index contributed by atoms with van der Waals surface area (Å²) in [5.41, 5.74) is 0.595. The minimum atomic E-state index is -0.210. The molecule has 2 atom stereocenters. The molecule has 4 nitrogen and oxygen atoms in total. The van der Waals surface area contributed by atoms with Gasteiger partial charge in [0.2, 0.25) is 0 Å². The zero-order chi connectivity index (χ0) is 13.7. The summed E-state index contributed by atoms with van der Waals surface area (Å²) in [4.78, 5) is 22.7. The fourth-order valence-electron chi connectivity index (χ4n) is 2.39. The standard InChI is InChI=1S/C14H16BrNO3/c15-11-6-2-1-5-10(11)14(18)16-12-7-3-4-8-13(12)19-9-17/h1-2,5-6,9,12-13H,3-4,7-8H2,(H,16,18). The second-order valence-electron chi connectivity index (χ2n) is 4.62. The topological polar surface area (TPSA) is 55.4 Å². The first-order valence-electron chi connectivity index (χ1n) is 6.37. The minimum absolute atomic E-state index is 0.0986. The highest BCUT2D eigenvalue weighted by molar-refractivity contribution is 9.10. The van der Waals surface area contributed by atoms with Gasteiger partial charge in [0, 0.05) is 4.47 Å². The lowest BCUT2D eigenvalue weighted by atomic mass is 9.92. The van der Waals surface area contributed by atoms with E-state index in [9.17, 15) is 9.59 Å². The lowest BCUT2D eigenvalue weighted by Crippen LogP contribution is -2.46. The number of benzene rings is 1. The number of halogens is 1. The maximum Gasteiger partial charge on any atom is 0.293 e. The van der Waals surface area contributed by atoms with Gasteiger partial charge < -0.3 is 10.1 Å². The summed E-state index contributed by atoms with van der Waals surface area (Å²) >= 11 is 3.36. The fraction of sp³-hybridized carbons (Fsp3) is 0.429. The van der Waals surface area contributed by atoms with Crippen molar-refractivity contribution in [3.8, 4) is 0 Å². The normalized spacial score (nSPS) is 22.6. The van der Waals surface area contributed by atoms with E-state index in [4.69, 9.17) is 4.74 Å². The third-order valence-electron chi connectivity index (χ3n) is 3.37. The predicted octanol–water partition coefficient (Wildman–Crippen LogP) is 2.66. The first kappa shape index (κ1) is 14.1. The molecule has 0 aliphatic heterocycles. The third kappa shape index (κ3) is 3.56. The molecule has 2 rings (SSSR count). The van der Waals surface area contributed by atoms with Crippen molar-refractivity contribution in [2.24, 2.45) is 0 Å². The molecule has 1 aliphatic rings. The number of nitrogens with one attached hydrogen (secondary N) is 1. The number of rotatable bonds is 4. The van der Waals surface area contributed by atoms with Gasteiger partial charge in [-0.05, 0) is 47.3 Å². The minimum Gasteiger partial charge on any atom is -0.462 e. The fourth-order valence-corrected chi connectivity index (χ4v) is 2.85. The first-order chi connectivity index (χ1) is 9.22. The molecule has 1 N–H and O–H groups in total. The second kappa shape index (κ2) is 6.70. The monoisotopic (exact) mass is 325 g/mol. The molecule has 2 unspecified atom stereocenters. The lowest BCUT2D eigenvalue weighted by Gasteiger charge is -2.30. The smallest absolute Gasteiger partial charge is 0.293 e. The van der Waals surface area contributed by atoms with Gasteiger partial charge in [0.15, 0.2) is 0 Å². The van der Waals surface area contributed by atoms with E-state index in [1.807, 2.05) is 18.2 Å². The molecule has 0 aromatic heterocycles. The van der Waals surface area contributed by atoms with Crippen LogP contribution in [0.3, 0.4) is 0 Å². The van der Waals surface area contributed by atoms with Crippen LogP contribution in [0.4, 0.5) is 0 Å². The molecule has 102 valence electrons. The Hall–Kier alpha value is -1.36. The molecule has 1 fully saturated rings. The van der Waals surface area contributed by atoms with Crippen molar-refractivity contribution in [2.45, 2.75) is 37.8 Å². The van der Waals surface area contributed by atoms with Crippen LogP contribution in [0, 0.1) is 0 Å². The van der Waals surface area contributed by atoms with Gasteiger partial charge in [0.1, 0.15) is 6.10 Å². The number of hydrogen-bond donors (Lipinski definition) is 1. The van der Waals surface area contributed by atoms with Crippen LogP contribution >= 0.6 is 15.9 Å². The summed E-state index contributed by atoms with van der Waals surface area (Å²) in [6.07, 6.45) is 3.51. The van der Waals surface area contributed by atoms with Gasteiger partial charge in [0.05, 0.1) is 11.6 Å². The van der Waals surface area contributed by atoms with Gasteiger partial charge in [-0.25, -0.2) is 0 Å². The Morgan fingerprint density at radius 1 is 1.32 bits per heavy atom. The van der Waals surface area contributed by atoms with Gasteiger partial charge >= 0.3 is 0 Å². The third-order valence-corrected chi connectivity index (χ3v) is 4.06. The molecule has 5 heteroatoms. The van der Waals surface area contributed by atoms with E-state index < -0.39 is 0 Å². The van der Waals surface area contributed by atoms with E-state index in [-0.39, 0.29) is 18.1 Å². The maximum absolute atomic E-state index is 12.2. The van der Waals surface area contributed by atoms with Gasteiger partial charge in [-0.3, -0.25) is 9.59 Å². The van der Waals surface area contributed by atoms with Crippen molar-refractivity contribution >= 4 is 28.3 Å². The molecule has 0 spiro atoms. The number of amides is 1. The van der Waals surface area contributed by atoms with Crippen LogP contribution < -0.4 is 5.32 Å². The highest BCUT2D eigenvalue weighted by atomic mass is 79.9. The molecular formula is C14H16BrNO3. The van der Waals surface area contributed by atoms with Crippen LogP contribution in [0.15, 0.2) is 28.7 Å². The van der Waals surface area contributed by atoms with Gasteiger partial charge in [-0.1, -0.05) is 18.6 Å². The van der Waals surface area contributed by atoms with Crippen molar-refractivity contribution in [1.82, 2.24) is 5.32 Å². The van der Waals surface area contributed by atoms with Crippen LogP contribution in [0.25, 0.3) is 0 Å². The molecule has 1 aliphatic carbocycles. The Kier molecular flexibility index (Phi) is 4.96. The van der Waals surface area contributed by atoms with Crippen molar-refractivity contribution < 1.29 is 14.3 Å². The molecule has 0 radical (unpaired) electrons. The van der Waals surface area contributed by atoms with Crippen molar-refractivity contribution in [3.05, 3.63) is 34.3 Å². The van der Waals surface area contributed by atoms with Crippen LogP contribution in [0.5, 0.6) is 0 Å². The van der Waals surface area contributed by atoms with Gasteiger partial charge in [0.25, 0.3) is 12.4 Å². The van der Waals surface area contributed by atoms with Crippen LogP contribution in [0.1, 0.15) is 36.0 Å². The molecular weight excluding hydrogens is 310 g/mol. The Balaban J connectivity index is 2.04. The molecule has 1 aromatic carbocycles. The SMILES string of the molecule is O=COC1CCCCC1NC(=O)c1ccccc1Br. The summed E-state index contributed by atoms with van der Waals surface area (Å²) in [5, 5.41) is 2.96. The molecule has 0 bridgehead atoms. The largest absolute Gasteiger partial charge is 0.462 e. The molecule has 1 aromatic rings. The highest BCUT2D eigenvalue weighted by Crippen LogP contribution is 2.22. The van der Waals surface area contributed by atoms with E-state index in [1.165, 1.54) is 0 Å². The van der Waals surface area contributed by atoms with Gasteiger partial charge in [-0.2, -0.15) is 0 Å². The Morgan fingerprint density at radius 2 is 2.05 bits per heavy atom. The summed E-state index contributed by atoms with van der Waals surface area (Å²) in [6.45, 7) is 0.466. The summed E-state index contributed by atoms with van der Waals surface area (Å²) in [6, 6.07) is 7.17. The van der Waals surface area contributed by atoms with Crippen LogP contribution in [-0.4, -0.2) is 24.5 Å². The zero-order valence-corrected chi connectivity index (χ0v) is 12.1. The molecule has 0 saturated heterocycles. The Bertz CT molecular complexity index is 464.